The minimum absolute atomic E-state index is 0.193. The summed E-state index contributed by atoms with van der Waals surface area (Å²) in [7, 11) is 4.41. The van der Waals surface area contributed by atoms with Crippen LogP contribution in [0.15, 0.2) is 60.8 Å². The standard InChI is InChI=1S/C23H22N4O6/c1-24-23(30)19-13-17(9-10-25-19)33-16-6-4-5-14(11-16)21(28)26-27-22(29)18-12-15(31-2)7-8-20(18)32-3/h4-13H,1-3H3,(H,24,30)(H,26,28)(H,27,29). The molecule has 0 saturated carbocycles. The average Bonchev–Trinajstić information content (AvgIpc) is 2.86. The number of methoxy groups -OCH3 is 2. The molecule has 0 bridgehead atoms. The molecule has 0 aliphatic heterocycles. The van der Waals surface area contributed by atoms with Gasteiger partial charge in [-0.25, -0.2) is 0 Å². The lowest BCUT2D eigenvalue weighted by atomic mass is 10.2. The van der Waals surface area contributed by atoms with E-state index in [4.69, 9.17) is 14.2 Å². The summed E-state index contributed by atoms with van der Waals surface area (Å²) in [6, 6.07) is 14.1. The number of amides is 3. The number of hydrogen-bond donors (Lipinski definition) is 3. The number of carbonyl (C=O) groups is 3. The Balaban J connectivity index is 1.68. The van der Waals surface area contributed by atoms with Crippen LogP contribution in [0.2, 0.25) is 0 Å². The summed E-state index contributed by atoms with van der Waals surface area (Å²) in [6.45, 7) is 0. The molecule has 0 fully saturated rings. The summed E-state index contributed by atoms with van der Waals surface area (Å²) in [5.74, 6) is 0.0368. The van der Waals surface area contributed by atoms with E-state index < -0.39 is 11.8 Å². The molecule has 2 aromatic carbocycles. The SMILES string of the molecule is CNC(=O)c1cc(Oc2cccc(C(=O)NNC(=O)c3cc(OC)ccc3OC)c2)ccn1. The number of benzene rings is 2. The summed E-state index contributed by atoms with van der Waals surface area (Å²) in [4.78, 5) is 40.8. The zero-order valence-corrected chi connectivity index (χ0v) is 18.2. The van der Waals surface area contributed by atoms with Crippen molar-refractivity contribution in [2.75, 3.05) is 21.3 Å². The van der Waals surface area contributed by atoms with Crippen molar-refractivity contribution in [2.45, 2.75) is 0 Å². The molecule has 0 radical (unpaired) electrons. The molecule has 3 rings (SSSR count). The van der Waals surface area contributed by atoms with Gasteiger partial charge in [0.2, 0.25) is 0 Å². The first-order chi connectivity index (χ1) is 15.9. The van der Waals surface area contributed by atoms with Gasteiger partial charge in [-0.1, -0.05) is 6.07 Å². The third kappa shape index (κ3) is 5.76. The van der Waals surface area contributed by atoms with Gasteiger partial charge in [0.1, 0.15) is 28.7 Å². The van der Waals surface area contributed by atoms with Gasteiger partial charge in [-0.15, -0.1) is 0 Å². The van der Waals surface area contributed by atoms with Crippen LogP contribution in [-0.2, 0) is 0 Å². The third-order valence-electron chi connectivity index (χ3n) is 4.46. The zero-order valence-electron chi connectivity index (χ0n) is 18.2. The minimum Gasteiger partial charge on any atom is -0.497 e. The molecule has 3 aromatic rings. The summed E-state index contributed by atoms with van der Waals surface area (Å²) in [5, 5.41) is 2.49. The van der Waals surface area contributed by atoms with Crippen LogP contribution in [0.5, 0.6) is 23.0 Å². The molecule has 10 heteroatoms. The highest BCUT2D eigenvalue weighted by Crippen LogP contribution is 2.24. The van der Waals surface area contributed by atoms with Gasteiger partial charge in [0.15, 0.2) is 0 Å². The Morgan fingerprint density at radius 1 is 0.788 bits per heavy atom. The number of carbonyl (C=O) groups excluding carboxylic acids is 3. The normalized spacial score (nSPS) is 10.0. The van der Waals surface area contributed by atoms with Gasteiger partial charge in [-0.05, 0) is 42.5 Å². The maximum atomic E-state index is 12.5. The van der Waals surface area contributed by atoms with Crippen LogP contribution >= 0.6 is 0 Å². The van der Waals surface area contributed by atoms with Crippen LogP contribution < -0.4 is 30.4 Å². The molecule has 3 N–H and O–H groups in total. The van der Waals surface area contributed by atoms with E-state index in [2.05, 4.69) is 21.2 Å². The van der Waals surface area contributed by atoms with E-state index in [0.717, 1.165) is 0 Å². The fraction of sp³-hybridized carbons (Fsp3) is 0.130. The van der Waals surface area contributed by atoms with Crippen molar-refractivity contribution in [3.05, 3.63) is 77.6 Å². The Hall–Kier alpha value is -4.60. The molecule has 0 aliphatic carbocycles. The number of nitrogens with one attached hydrogen (secondary N) is 3. The lowest BCUT2D eigenvalue weighted by molar-refractivity contribution is 0.0844. The first-order valence-electron chi connectivity index (χ1n) is 9.74. The Morgan fingerprint density at radius 2 is 1.55 bits per heavy atom. The topological polar surface area (TPSA) is 128 Å². The molecular weight excluding hydrogens is 428 g/mol. The Bertz CT molecular complexity index is 1180. The fourth-order valence-corrected chi connectivity index (χ4v) is 2.81. The Labute approximate surface area is 189 Å². The lowest BCUT2D eigenvalue weighted by Crippen LogP contribution is -2.41. The minimum atomic E-state index is -0.579. The maximum Gasteiger partial charge on any atom is 0.273 e. The molecule has 10 nitrogen and oxygen atoms in total. The van der Waals surface area contributed by atoms with Crippen molar-refractivity contribution in [3.8, 4) is 23.0 Å². The maximum absolute atomic E-state index is 12.5. The van der Waals surface area contributed by atoms with E-state index in [1.165, 1.54) is 45.7 Å². The molecule has 0 aliphatic rings. The second-order valence-electron chi connectivity index (χ2n) is 6.56. The lowest BCUT2D eigenvalue weighted by Gasteiger charge is -2.12. The van der Waals surface area contributed by atoms with Gasteiger partial charge >= 0.3 is 0 Å². The van der Waals surface area contributed by atoms with Crippen molar-refractivity contribution >= 4 is 17.7 Å². The van der Waals surface area contributed by atoms with E-state index in [-0.39, 0.29) is 22.7 Å². The summed E-state index contributed by atoms with van der Waals surface area (Å²) in [5.41, 5.74) is 5.34. The van der Waals surface area contributed by atoms with Crippen molar-refractivity contribution < 1.29 is 28.6 Å². The fourth-order valence-electron chi connectivity index (χ4n) is 2.81. The van der Waals surface area contributed by atoms with Crippen molar-refractivity contribution in [2.24, 2.45) is 0 Å². The van der Waals surface area contributed by atoms with Crippen LogP contribution in [0, 0.1) is 0 Å². The van der Waals surface area contributed by atoms with Crippen molar-refractivity contribution in [1.82, 2.24) is 21.2 Å². The number of aromatic nitrogens is 1. The van der Waals surface area contributed by atoms with Gasteiger partial charge < -0.3 is 19.5 Å². The highest BCUT2D eigenvalue weighted by molar-refractivity contribution is 6.00. The second-order valence-corrected chi connectivity index (χ2v) is 6.56. The van der Waals surface area contributed by atoms with E-state index in [1.807, 2.05) is 0 Å². The quantitative estimate of drug-likeness (QED) is 0.471. The smallest absolute Gasteiger partial charge is 0.273 e. The van der Waals surface area contributed by atoms with Crippen LogP contribution in [0.4, 0.5) is 0 Å². The predicted octanol–water partition coefficient (Wildman–Crippen LogP) is 2.33. The molecule has 0 spiro atoms. The van der Waals surface area contributed by atoms with Crippen molar-refractivity contribution in [3.63, 3.8) is 0 Å². The van der Waals surface area contributed by atoms with Crippen LogP contribution in [0.3, 0.4) is 0 Å². The Morgan fingerprint density at radius 3 is 2.27 bits per heavy atom. The van der Waals surface area contributed by atoms with E-state index >= 15 is 0 Å². The number of hydrogen-bond acceptors (Lipinski definition) is 7. The summed E-state index contributed by atoms with van der Waals surface area (Å²) < 4.78 is 16.0. The molecule has 0 atom stereocenters. The molecular formula is C23H22N4O6. The predicted molar refractivity (Wildman–Crippen MR) is 119 cm³/mol. The van der Waals surface area contributed by atoms with Crippen molar-refractivity contribution in [1.29, 1.82) is 0 Å². The number of hydrazine groups is 1. The number of ether oxygens (including phenoxy) is 3. The highest BCUT2D eigenvalue weighted by Gasteiger charge is 2.15. The largest absolute Gasteiger partial charge is 0.497 e. The molecule has 33 heavy (non-hydrogen) atoms. The van der Waals surface area contributed by atoms with Gasteiger partial charge in [-0.2, -0.15) is 0 Å². The zero-order chi connectivity index (χ0) is 23.8. The third-order valence-corrected chi connectivity index (χ3v) is 4.46. The number of nitrogens with zero attached hydrogens (tertiary/aromatic N) is 1. The molecule has 3 amide bonds. The van der Waals surface area contributed by atoms with Crippen LogP contribution in [-0.4, -0.2) is 44.0 Å². The number of pyridine rings is 1. The summed E-state index contributed by atoms with van der Waals surface area (Å²) in [6.07, 6.45) is 1.44. The van der Waals surface area contributed by atoms with Gasteiger partial charge in [0.05, 0.1) is 19.8 Å². The van der Waals surface area contributed by atoms with Gasteiger partial charge in [0, 0.05) is 24.9 Å². The van der Waals surface area contributed by atoms with Gasteiger partial charge in [-0.3, -0.25) is 30.2 Å². The summed E-state index contributed by atoms with van der Waals surface area (Å²) >= 11 is 0. The highest BCUT2D eigenvalue weighted by atomic mass is 16.5. The first kappa shape index (κ1) is 23.1. The van der Waals surface area contributed by atoms with E-state index in [1.54, 1.807) is 36.4 Å². The molecule has 0 unspecified atom stereocenters. The average molecular weight is 450 g/mol. The second kappa shape index (κ2) is 10.6. The molecule has 0 saturated heterocycles. The van der Waals surface area contributed by atoms with Crippen LogP contribution in [0.25, 0.3) is 0 Å². The van der Waals surface area contributed by atoms with Gasteiger partial charge in [0.25, 0.3) is 17.7 Å². The van der Waals surface area contributed by atoms with E-state index in [0.29, 0.717) is 23.0 Å². The molecule has 1 heterocycles. The molecule has 170 valence electrons. The van der Waals surface area contributed by atoms with E-state index in [9.17, 15) is 14.4 Å². The monoisotopic (exact) mass is 450 g/mol. The molecule has 1 aromatic heterocycles. The van der Waals surface area contributed by atoms with Crippen LogP contribution in [0.1, 0.15) is 31.2 Å². The Kier molecular flexibility index (Phi) is 7.43. The number of rotatable bonds is 7. The first-order valence-corrected chi connectivity index (χ1v) is 9.74.